The van der Waals surface area contributed by atoms with Gasteiger partial charge in [-0.05, 0) is 19.3 Å². The minimum atomic E-state index is -1.20. The number of carboxylic acid groups (broad SMARTS) is 2. The Balaban J connectivity index is 3.67. The first kappa shape index (κ1) is 49.1. The summed E-state index contributed by atoms with van der Waals surface area (Å²) in [7, 11) is 0. The van der Waals surface area contributed by atoms with E-state index >= 15 is 0 Å². The lowest BCUT2D eigenvalue weighted by Gasteiger charge is -2.14. The molecule has 18 heteroatoms. The number of carbonyl (C=O) groups is 7. The predicted octanol–water partition coefficient (Wildman–Crippen LogP) is 0.467. The first-order valence-corrected chi connectivity index (χ1v) is 18.5. The Morgan fingerprint density at radius 2 is 0.906 bits per heavy atom. The molecule has 0 aromatic heterocycles. The summed E-state index contributed by atoms with van der Waals surface area (Å²) in [5.74, 6) is -3.74. The number of aliphatic carboxylic acids is 2. The predicted molar refractivity (Wildman–Crippen MR) is 193 cm³/mol. The summed E-state index contributed by atoms with van der Waals surface area (Å²) >= 11 is 0. The summed E-state index contributed by atoms with van der Waals surface area (Å²) in [6.45, 7) is 5.08. The molecule has 18 nitrogen and oxygen atoms in total. The highest BCUT2D eigenvalue weighted by Crippen LogP contribution is 2.12. The first-order valence-electron chi connectivity index (χ1n) is 18.5. The Bertz CT molecular complexity index is 1050. The lowest BCUT2D eigenvalue weighted by atomic mass is 10.0. The average Bonchev–Trinajstić information content (AvgIpc) is 3.10. The van der Waals surface area contributed by atoms with E-state index in [1.807, 2.05) is 0 Å². The molecule has 0 rings (SSSR count). The van der Waals surface area contributed by atoms with E-state index < -0.39 is 23.9 Å². The second-order valence-electron chi connectivity index (χ2n) is 12.2. The van der Waals surface area contributed by atoms with Crippen LogP contribution in [0.4, 0.5) is 0 Å². The molecular weight excluding hydrogens is 698 g/mol. The summed E-state index contributed by atoms with van der Waals surface area (Å²) in [6, 6.07) is -1.15. The maximum atomic E-state index is 12.2. The van der Waals surface area contributed by atoms with Crippen molar-refractivity contribution in [2.24, 2.45) is 0 Å². The number of amides is 5. The van der Waals surface area contributed by atoms with Gasteiger partial charge in [0.1, 0.15) is 19.3 Å². The molecule has 0 heterocycles. The van der Waals surface area contributed by atoms with Gasteiger partial charge in [-0.25, -0.2) is 4.79 Å². The lowest BCUT2D eigenvalue weighted by Crippen LogP contribution is -2.41. The van der Waals surface area contributed by atoms with E-state index in [0.717, 1.165) is 57.8 Å². The van der Waals surface area contributed by atoms with Crippen molar-refractivity contribution in [1.29, 1.82) is 0 Å². The van der Waals surface area contributed by atoms with Gasteiger partial charge in [-0.2, -0.15) is 0 Å². The Kier molecular flexibility index (Phi) is 32.6. The molecule has 0 aromatic rings. The van der Waals surface area contributed by atoms with Gasteiger partial charge in [0.05, 0.1) is 39.6 Å². The highest BCUT2D eigenvalue weighted by Gasteiger charge is 2.20. The van der Waals surface area contributed by atoms with Crippen molar-refractivity contribution in [3.8, 4) is 0 Å². The van der Waals surface area contributed by atoms with E-state index in [2.05, 4.69) is 33.5 Å². The molecule has 5 amide bonds. The third kappa shape index (κ3) is 36.3. The zero-order chi connectivity index (χ0) is 39.4. The van der Waals surface area contributed by atoms with E-state index in [4.69, 9.17) is 24.1 Å². The molecule has 0 fully saturated rings. The minimum Gasteiger partial charge on any atom is -0.481 e. The van der Waals surface area contributed by atoms with Crippen LogP contribution in [0.3, 0.4) is 0 Å². The van der Waals surface area contributed by atoms with Crippen molar-refractivity contribution in [1.82, 2.24) is 26.6 Å². The molecule has 7 N–H and O–H groups in total. The van der Waals surface area contributed by atoms with Crippen LogP contribution < -0.4 is 26.6 Å². The highest BCUT2D eigenvalue weighted by molar-refractivity contribution is 5.84. The van der Waals surface area contributed by atoms with Gasteiger partial charge >= 0.3 is 11.9 Å². The van der Waals surface area contributed by atoms with Gasteiger partial charge in [0.2, 0.25) is 29.5 Å². The van der Waals surface area contributed by atoms with Crippen LogP contribution in [-0.2, 0) is 52.5 Å². The summed E-state index contributed by atoms with van der Waals surface area (Å²) in [5, 5.41) is 30.9. The van der Waals surface area contributed by atoms with Gasteiger partial charge < -0.3 is 55.7 Å². The number of ether oxygens (including phenoxy) is 4. The topological polar surface area (TPSA) is 257 Å². The standard InChI is InChI=1S/C35H62N5O13/c1-28(41)36-16-17-37-32(44)26-52-24-23-51-21-19-39-33(45)27-53-25-22-50-20-18-38-30(42)15-14-29(35(48)49)40-31(43)12-10-8-6-4-2-3-5-7-9-11-13-34(46)47/h29H,1-27H2,(H,36,41)(H,37,44)(H,38,42)(H,39,45)(H,40,43)(H,46,47)(H,48,49)/t29-/m0/s1. The number of hydrogen-bond donors (Lipinski definition) is 7. The monoisotopic (exact) mass is 760 g/mol. The van der Waals surface area contributed by atoms with E-state index in [-0.39, 0.29) is 128 Å². The highest BCUT2D eigenvalue weighted by atomic mass is 16.5. The molecule has 0 spiro atoms. The van der Waals surface area contributed by atoms with E-state index in [1.165, 1.54) is 0 Å². The zero-order valence-electron chi connectivity index (χ0n) is 31.1. The van der Waals surface area contributed by atoms with Crippen LogP contribution in [0, 0.1) is 6.92 Å². The smallest absolute Gasteiger partial charge is 0.326 e. The molecule has 0 aliphatic rings. The fraction of sp³-hybridized carbons (Fsp3) is 0.771. The molecule has 0 saturated carbocycles. The van der Waals surface area contributed by atoms with Crippen LogP contribution in [0.15, 0.2) is 0 Å². The molecule has 305 valence electrons. The Hall–Kier alpha value is -3.87. The summed E-state index contributed by atoms with van der Waals surface area (Å²) in [6.07, 6.45) is 9.96. The maximum absolute atomic E-state index is 12.2. The summed E-state index contributed by atoms with van der Waals surface area (Å²) in [5.41, 5.74) is 0. The van der Waals surface area contributed by atoms with E-state index in [1.54, 1.807) is 0 Å². The molecule has 0 unspecified atom stereocenters. The number of nitrogens with one attached hydrogen (secondary N) is 5. The SMILES string of the molecule is [CH2]C(=O)NCCNC(=O)COCCOCCNC(=O)COCCOCCNC(=O)CC[C@H](NC(=O)CCCCCCCCCCCCC(=O)O)C(=O)O. The number of carbonyl (C=O) groups excluding carboxylic acids is 5. The third-order valence-corrected chi connectivity index (χ3v) is 7.45. The largest absolute Gasteiger partial charge is 0.481 e. The van der Waals surface area contributed by atoms with Gasteiger partial charge in [-0.1, -0.05) is 51.4 Å². The molecule has 0 aliphatic carbocycles. The zero-order valence-corrected chi connectivity index (χ0v) is 31.1. The first-order chi connectivity index (χ1) is 25.5. The molecule has 53 heavy (non-hydrogen) atoms. The van der Waals surface area contributed by atoms with Gasteiger partial charge in [-0.15, -0.1) is 0 Å². The molecule has 0 saturated heterocycles. The van der Waals surface area contributed by atoms with Crippen molar-refractivity contribution in [3.63, 3.8) is 0 Å². The quantitative estimate of drug-likeness (QED) is 0.0426. The van der Waals surface area contributed by atoms with Crippen molar-refractivity contribution in [2.45, 2.75) is 95.9 Å². The Labute approximate surface area is 312 Å². The van der Waals surface area contributed by atoms with Crippen LogP contribution in [0.5, 0.6) is 0 Å². The minimum absolute atomic E-state index is 0.0386. The second-order valence-corrected chi connectivity index (χ2v) is 12.2. The van der Waals surface area contributed by atoms with Crippen molar-refractivity contribution in [3.05, 3.63) is 6.92 Å². The molecular formula is C35H62N5O13. The van der Waals surface area contributed by atoms with Crippen LogP contribution in [-0.4, -0.2) is 137 Å². The number of carboxylic acids is 2. The van der Waals surface area contributed by atoms with Gasteiger partial charge in [0.25, 0.3) is 0 Å². The average molecular weight is 761 g/mol. The second kappa shape index (κ2) is 35.2. The molecule has 0 bridgehead atoms. The lowest BCUT2D eigenvalue weighted by molar-refractivity contribution is -0.142. The van der Waals surface area contributed by atoms with Gasteiger partial charge in [0.15, 0.2) is 0 Å². The summed E-state index contributed by atoms with van der Waals surface area (Å²) < 4.78 is 21.1. The van der Waals surface area contributed by atoms with Crippen LogP contribution in [0.1, 0.15) is 89.9 Å². The number of hydrogen-bond acceptors (Lipinski definition) is 11. The van der Waals surface area contributed by atoms with Crippen LogP contribution in [0.25, 0.3) is 0 Å². The normalized spacial score (nSPS) is 11.3. The molecule has 0 aromatic carbocycles. The van der Waals surface area contributed by atoms with Crippen LogP contribution >= 0.6 is 0 Å². The number of unbranched alkanes of at least 4 members (excludes halogenated alkanes) is 9. The van der Waals surface area contributed by atoms with Gasteiger partial charge in [-0.3, -0.25) is 28.8 Å². The fourth-order valence-corrected chi connectivity index (χ4v) is 4.66. The third-order valence-electron chi connectivity index (χ3n) is 7.45. The van der Waals surface area contributed by atoms with Crippen molar-refractivity contribution < 1.29 is 62.7 Å². The van der Waals surface area contributed by atoms with Crippen molar-refractivity contribution >= 4 is 41.5 Å². The van der Waals surface area contributed by atoms with Crippen molar-refractivity contribution in [2.75, 3.05) is 79.0 Å². The molecule has 1 atom stereocenters. The fourth-order valence-electron chi connectivity index (χ4n) is 4.66. The maximum Gasteiger partial charge on any atom is 0.326 e. The number of rotatable bonds is 37. The van der Waals surface area contributed by atoms with E-state index in [0.29, 0.717) is 6.42 Å². The molecule has 1 radical (unpaired) electrons. The van der Waals surface area contributed by atoms with Gasteiger partial charge in [0, 0.05) is 52.4 Å². The summed E-state index contributed by atoms with van der Waals surface area (Å²) in [4.78, 5) is 80.4. The van der Waals surface area contributed by atoms with E-state index in [9.17, 15) is 38.7 Å². The Morgan fingerprint density at radius 1 is 0.472 bits per heavy atom. The van der Waals surface area contributed by atoms with Crippen LogP contribution in [0.2, 0.25) is 0 Å². The molecule has 0 aliphatic heterocycles. The Morgan fingerprint density at radius 3 is 1.40 bits per heavy atom.